The fourth-order valence-corrected chi connectivity index (χ4v) is 0.725. The van der Waals surface area contributed by atoms with Crippen LogP contribution in [0.25, 0.3) is 0 Å². The molecule has 3 nitrogen and oxygen atoms in total. The van der Waals surface area contributed by atoms with Gasteiger partial charge in [-0.1, -0.05) is 20.8 Å². The van der Waals surface area contributed by atoms with Crippen molar-refractivity contribution in [2.75, 3.05) is 0 Å². The highest BCUT2D eigenvalue weighted by Gasteiger charge is 2.35. The molecular weight excluding hydrogens is 156 g/mol. The molecule has 0 aliphatic heterocycles. The van der Waals surface area contributed by atoms with Gasteiger partial charge in [0.15, 0.2) is 0 Å². The number of carboxylic acids is 1. The summed E-state index contributed by atoms with van der Waals surface area (Å²) in [5.74, 6) is -0.862. The van der Waals surface area contributed by atoms with E-state index in [1.807, 2.05) is 20.8 Å². The molecule has 72 valence electrons. The molecule has 0 aromatic rings. The number of carboxylic acid groups (broad SMARTS) is 1. The highest BCUT2D eigenvalue weighted by molar-refractivity contribution is 5.66. The molecule has 3 heteroatoms. The van der Waals surface area contributed by atoms with Gasteiger partial charge in [0.2, 0.25) is 0 Å². The predicted molar refractivity (Wildman–Crippen MR) is 46.9 cm³/mol. The van der Waals surface area contributed by atoms with Crippen molar-refractivity contribution in [2.45, 2.75) is 46.1 Å². The zero-order chi connectivity index (χ0) is 9.99. The first kappa shape index (κ1) is 11.4. The highest BCUT2D eigenvalue weighted by Crippen LogP contribution is 2.33. The fraction of sp³-hybridized carbons (Fsp3) is 0.889. The number of aliphatic carboxylic acids is 1. The maximum absolute atomic E-state index is 10.3. The van der Waals surface area contributed by atoms with Gasteiger partial charge in [0.1, 0.15) is 0 Å². The smallest absolute Gasteiger partial charge is 0.303 e. The van der Waals surface area contributed by atoms with Gasteiger partial charge in [-0.15, -0.1) is 0 Å². The number of rotatable bonds is 3. The van der Waals surface area contributed by atoms with Crippen LogP contribution in [-0.4, -0.2) is 21.8 Å². The molecule has 2 N–H and O–H groups in total. The molecule has 0 aromatic heterocycles. The van der Waals surface area contributed by atoms with Crippen molar-refractivity contribution in [1.82, 2.24) is 0 Å². The van der Waals surface area contributed by atoms with Gasteiger partial charge in [0, 0.05) is 6.42 Å². The summed E-state index contributed by atoms with van der Waals surface area (Å²) in [5.41, 5.74) is -1.19. The van der Waals surface area contributed by atoms with E-state index in [9.17, 15) is 9.90 Å². The quantitative estimate of drug-likeness (QED) is 0.684. The Balaban J connectivity index is 4.14. The number of carbonyl (C=O) groups is 1. The Hall–Kier alpha value is -0.570. The average Bonchev–Trinajstić information content (AvgIpc) is 1.81. The Morgan fingerprint density at radius 1 is 1.25 bits per heavy atom. The van der Waals surface area contributed by atoms with Crippen LogP contribution in [0.2, 0.25) is 0 Å². The van der Waals surface area contributed by atoms with Gasteiger partial charge in [-0.05, 0) is 18.8 Å². The largest absolute Gasteiger partial charge is 0.481 e. The van der Waals surface area contributed by atoms with Crippen LogP contribution in [0, 0.1) is 5.41 Å². The van der Waals surface area contributed by atoms with E-state index in [1.165, 1.54) is 0 Å². The molecule has 0 rings (SSSR count). The molecule has 0 saturated carbocycles. The number of aliphatic hydroxyl groups is 1. The first-order chi connectivity index (χ1) is 5.17. The van der Waals surface area contributed by atoms with Gasteiger partial charge in [0.25, 0.3) is 0 Å². The van der Waals surface area contributed by atoms with E-state index in [1.54, 1.807) is 6.92 Å². The van der Waals surface area contributed by atoms with E-state index in [-0.39, 0.29) is 11.8 Å². The van der Waals surface area contributed by atoms with Gasteiger partial charge in [0.05, 0.1) is 5.60 Å². The summed E-state index contributed by atoms with van der Waals surface area (Å²) in [4.78, 5) is 10.3. The zero-order valence-corrected chi connectivity index (χ0v) is 8.22. The van der Waals surface area contributed by atoms with Crippen LogP contribution < -0.4 is 0 Å². The molecular formula is C9H18O3. The third kappa shape index (κ3) is 3.22. The lowest BCUT2D eigenvalue weighted by molar-refractivity contribution is -0.139. The first-order valence-corrected chi connectivity index (χ1v) is 4.11. The number of hydrogen-bond donors (Lipinski definition) is 2. The molecule has 0 aliphatic carbocycles. The summed E-state index contributed by atoms with van der Waals surface area (Å²) in [7, 11) is 0. The molecule has 0 fully saturated rings. The summed E-state index contributed by atoms with van der Waals surface area (Å²) >= 11 is 0. The Morgan fingerprint density at radius 3 is 1.92 bits per heavy atom. The van der Waals surface area contributed by atoms with Crippen molar-refractivity contribution in [3.05, 3.63) is 0 Å². The predicted octanol–water partition coefficient (Wildman–Crippen LogP) is 1.65. The highest BCUT2D eigenvalue weighted by atomic mass is 16.4. The lowest BCUT2D eigenvalue weighted by Crippen LogP contribution is -2.40. The SMILES string of the molecule is CC(C)(C)C(C)(O)CCC(=O)O. The molecule has 12 heavy (non-hydrogen) atoms. The summed E-state index contributed by atoms with van der Waals surface area (Å²) in [6.45, 7) is 7.37. The Morgan fingerprint density at radius 2 is 1.67 bits per heavy atom. The van der Waals surface area contributed by atoms with E-state index >= 15 is 0 Å². The van der Waals surface area contributed by atoms with Gasteiger partial charge in [-0.3, -0.25) is 4.79 Å². The van der Waals surface area contributed by atoms with Crippen molar-refractivity contribution in [2.24, 2.45) is 5.41 Å². The second kappa shape index (κ2) is 3.44. The minimum Gasteiger partial charge on any atom is -0.481 e. The van der Waals surface area contributed by atoms with E-state index in [0.29, 0.717) is 6.42 Å². The van der Waals surface area contributed by atoms with Crippen molar-refractivity contribution >= 4 is 5.97 Å². The number of hydrogen-bond acceptors (Lipinski definition) is 2. The summed E-state index contributed by atoms with van der Waals surface area (Å²) in [6, 6.07) is 0. The molecule has 0 aliphatic rings. The second-order valence-electron chi connectivity index (χ2n) is 4.42. The first-order valence-electron chi connectivity index (χ1n) is 4.11. The summed E-state index contributed by atoms with van der Waals surface area (Å²) < 4.78 is 0. The Kier molecular flexibility index (Phi) is 3.27. The van der Waals surface area contributed by atoms with E-state index < -0.39 is 11.6 Å². The maximum atomic E-state index is 10.3. The molecule has 0 spiro atoms. The minimum absolute atomic E-state index is 0.0181. The lowest BCUT2D eigenvalue weighted by Gasteiger charge is -2.36. The van der Waals surface area contributed by atoms with Crippen LogP contribution in [0.3, 0.4) is 0 Å². The van der Waals surface area contributed by atoms with Crippen LogP contribution in [0.5, 0.6) is 0 Å². The third-order valence-electron chi connectivity index (χ3n) is 2.44. The second-order valence-corrected chi connectivity index (χ2v) is 4.42. The van der Waals surface area contributed by atoms with Crippen molar-refractivity contribution < 1.29 is 15.0 Å². The third-order valence-corrected chi connectivity index (χ3v) is 2.44. The standard InChI is InChI=1S/C9H18O3/c1-8(2,3)9(4,12)6-5-7(10)11/h12H,5-6H2,1-4H3,(H,10,11). The van der Waals surface area contributed by atoms with Gasteiger partial charge in [-0.2, -0.15) is 0 Å². The molecule has 1 atom stereocenters. The van der Waals surface area contributed by atoms with Crippen LogP contribution in [0.1, 0.15) is 40.5 Å². The Bertz CT molecular complexity index is 165. The van der Waals surface area contributed by atoms with Crippen LogP contribution in [0.15, 0.2) is 0 Å². The zero-order valence-electron chi connectivity index (χ0n) is 8.22. The maximum Gasteiger partial charge on any atom is 0.303 e. The monoisotopic (exact) mass is 174 g/mol. The molecule has 1 unspecified atom stereocenters. The molecule has 0 bridgehead atoms. The molecule has 0 amide bonds. The average molecular weight is 174 g/mol. The molecule has 0 saturated heterocycles. The summed E-state index contributed by atoms with van der Waals surface area (Å²) in [5, 5.41) is 18.3. The van der Waals surface area contributed by atoms with Crippen molar-refractivity contribution in [3.8, 4) is 0 Å². The van der Waals surface area contributed by atoms with Gasteiger partial charge < -0.3 is 10.2 Å². The van der Waals surface area contributed by atoms with Crippen LogP contribution in [0.4, 0.5) is 0 Å². The summed E-state index contributed by atoms with van der Waals surface area (Å²) in [6.07, 6.45) is 0.316. The Labute approximate surface area is 73.4 Å². The fourth-order valence-electron chi connectivity index (χ4n) is 0.725. The topological polar surface area (TPSA) is 57.5 Å². The van der Waals surface area contributed by atoms with E-state index in [2.05, 4.69) is 0 Å². The van der Waals surface area contributed by atoms with Crippen molar-refractivity contribution in [3.63, 3.8) is 0 Å². The van der Waals surface area contributed by atoms with Gasteiger partial charge >= 0.3 is 5.97 Å². The van der Waals surface area contributed by atoms with E-state index in [4.69, 9.17) is 5.11 Å². The van der Waals surface area contributed by atoms with Crippen LogP contribution >= 0.6 is 0 Å². The van der Waals surface area contributed by atoms with Crippen molar-refractivity contribution in [1.29, 1.82) is 0 Å². The molecule has 0 radical (unpaired) electrons. The minimum atomic E-state index is -0.911. The van der Waals surface area contributed by atoms with Crippen LogP contribution in [-0.2, 0) is 4.79 Å². The lowest BCUT2D eigenvalue weighted by atomic mass is 9.75. The van der Waals surface area contributed by atoms with Gasteiger partial charge in [-0.25, -0.2) is 0 Å². The molecule has 0 aromatic carbocycles. The van der Waals surface area contributed by atoms with E-state index in [0.717, 1.165) is 0 Å². The molecule has 0 heterocycles. The normalized spacial score (nSPS) is 17.1.